The molecule has 1 aliphatic heterocycles. The molecule has 0 unspecified atom stereocenters. The number of thioether (sulfide) groups is 1. The van der Waals surface area contributed by atoms with Crippen LogP contribution in [0.4, 0.5) is 4.79 Å². The standard InChI is InChI=1S/C23H18BrNO3S/c1-2-25-22(26)21(29-23(25)27)13-19-18-6-4-3-5-16(18)9-12-20(19)28-14-15-7-10-17(24)11-8-15/h3-13H,2,14H2,1H3/b21-13+. The lowest BCUT2D eigenvalue weighted by Crippen LogP contribution is -2.27. The Labute approximate surface area is 181 Å². The molecule has 0 atom stereocenters. The number of hydrogen-bond donors (Lipinski definition) is 0. The van der Waals surface area contributed by atoms with Gasteiger partial charge in [-0.3, -0.25) is 14.5 Å². The molecule has 3 aromatic rings. The van der Waals surface area contributed by atoms with Crippen molar-refractivity contribution >= 4 is 55.7 Å². The minimum Gasteiger partial charge on any atom is -0.488 e. The van der Waals surface area contributed by atoms with Gasteiger partial charge < -0.3 is 4.74 Å². The maximum absolute atomic E-state index is 12.6. The smallest absolute Gasteiger partial charge is 0.293 e. The lowest BCUT2D eigenvalue weighted by molar-refractivity contribution is -0.122. The van der Waals surface area contributed by atoms with Gasteiger partial charge in [-0.15, -0.1) is 0 Å². The van der Waals surface area contributed by atoms with Gasteiger partial charge in [-0.25, -0.2) is 0 Å². The number of rotatable bonds is 5. The van der Waals surface area contributed by atoms with E-state index in [1.54, 1.807) is 13.0 Å². The number of benzene rings is 3. The van der Waals surface area contributed by atoms with E-state index in [-0.39, 0.29) is 11.1 Å². The first kappa shape index (κ1) is 19.7. The van der Waals surface area contributed by atoms with E-state index >= 15 is 0 Å². The number of likely N-dealkylation sites (N-methyl/N-ethyl adjacent to an activating group) is 1. The average molecular weight is 468 g/mol. The highest BCUT2D eigenvalue weighted by molar-refractivity contribution is 9.10. The summed E-state index contributed by atoms with van der Waals surface area (Å²) in [5.74, 6) is 0.421. The minimum absolute atomic E-state index is 0.235. The fourth-order valence-corrected chi connectivity index (χ4v) is 4.34. The number of halogens is 1. The Morgan fingerprint density at radius 3 is 2.52 bits per heavy atom. The summed E-state index contributed by atoms with van der Waals surface area (Å²) in [5.41, 5.74) is 1.85. The second-order valence-electron chi connectivity index (χ2n) is 6.54. The molecular formula is C23H18BrNO3S. The normalized spacial score (nSPS) is 15.5. The van der Waals surface area contributed by atoms with Crippen molar-refractivity contribution in [3.63, 3.8) is 0 Å². The highest BCUT2D eigenvalue weighted by Gasteiger charge is 2.34. The molecule has 0 N–H and O–H groups in total. The van der Waals surface area contributed by atoms with Crippen molar-refractivity contribution in [2.45, 2.75) is 13.5 Å². The summed E-state index contributed by atoms with van der Waals surface area (Å²) in [4.78, 5) is 26.3. The van der Waals surface area contributed by atoms with E-state index in [9.17, 15) is 9.59 Å². The van der Waals surface area contributed by atoms with E-state index < -0.39 is 0 Å². The highest BCUT2D eigenvalue weighted by atomic mass is 79.9. The predicted molar refractivity (Wildman–Crippen MR) is 121 cm³/mol. The van der Waals surface area contributed by atoms with Crippen LogP contribution in [0.25, 0.3) is 16.8 Å². The van der Waals surface area contributed by atoms with Gasteiger partial charge in [0, 0.05) is 16.6 Å². The molecule has 4 nitrogen and oxygen atoms in total. The Kier molecular flexibility index (Phi) is 5.74. The van der Waals surface area contributed by atoms with Gasteiger partial charge in [-0.1, -0.05) is 58.4 Å². The molecule has 1 saturated heterocycles. The number of imide groups is 1. The lowest BCUT2D eigenvalue weighted by atomic mass is 10.0. The maximum atomic E-state index is 12.6. The van der Waals surface area contributed by atoms with E-state index in [0.29, 0.717) is 23.8 Å². The van der Waals surface area contributed by atoms with E-state index in [2.05, 4.69) is 15.9 Å². The Hall–Kier alpha value is -2.57. The molecule has 3 aromatic carbocycles. The molecule has 1 fully saturated rings. The molecule has 1 heterocycles. The predicted octanol–water partition coefficient (Wildman–Crippen LogP) is 6.24. The summed E-state index contributed by atoms with van der Waals surface area (Å²) in [5, 5.41) is 1.79. The molecule has 0 aromatic heterocycles. The van der Waals surface area contributed by atoms with E-state index in [0.717, 1.165) is 38.1 Å². The van der Waals surface area contributed by atoms with Gasteiger partial charge in [0.05, 0.1) is 4.91 Å². The number of fused-ring (bicyclic) bond motifs is 1. The number of carbonyl (C=O) groups excluding carboxylic acids is 2. The first-order chi connectivity index (χ1) is 14.1. The molecule has 1 aliphatic rings. The van der Waals surface area contributed by atoms with Crippen molar-refractivity contribution in [3.05, 3.63) is 81.2 Å². The van der Waals surface area contributed by atoms with Crippen LogP contribution in [0.1, 0.15) is 18.1 Å². The van der Waals surface area contributed by atoms with Gasteiger partial charge in [-0.2, -0.15) is 0 Å². The third-order valence-electron chi connectivity index (χ3n) is 4.70. The maximum Gasteiger partial charge on any atom is 0.293 e. The zero-order valence-corrected chi connectivity index (χ0v) is 18.1. The topological polar surface area (TPSA) is 46.6 Å². The zero-order chi connectivity index (χ0) is 20.4. The largest absolute Gasteiger partial charge is 0.488 e. The number of amides is 2. The quantitative estimate of drug-likeness (QED) is 0.416. The van der Waals surface area contributed by atoms with Crippen LogP contribution < -0.4 is 4.74 Å². The first-order valence-electron chi connectivity index (χ1n) is 9.21. The van der Waals surface area contributed by atoms with Gasteiger partial charge in [0.25, 0.3) is 11.1 Å². The molecule has 0 spiro atoms. The summed E-state index contributed by atoms with van der Waals surface area (Å²) in [6, 6.07) is 19.8. The molecule has 0 radical (unpaired) electrons. The van der Waals surface area contributed by atoms with Crippen molar-refractivity contribution in [3.8, 4) is 5.75 Å². The van der Waals surface area contributed by atoms with Crippen molar-refractivity contribution in [1.82, 2.24) is 4.90 Å². The summed E-state index contributed by atoms with van der Waals surface area (Å²) in [7, 11) is 0. The lowest BCUT2D eigenvalue weighted by Gasteiger charge is -2.13. The minimum atomic E-state index is -0.255. The molecule has 4 rings (SSSR count). The van der Waals surface area contributed by atoms with Gasteiger partial charge in [-0.05, 0) is 59.3 Å². The second-order valence-corrected chi connectivity index (χ2v) is 8.45. The molecule has 6 heteroatoms. The van der Waals surface area contributed by atoms with Crippen LogP contribution in [0.5, 0.6) is 5.75 Å². The summed E-state index contributed by atoms with van der Waals surface area (Å²) < 4.78 is 7.13. The van der Waals surface area contributed by atoms with Crippen LogP contribution in [0.2, 0.25) is 0 Å². The van der Waals surface area contributed by atoms with Crippen molar-refractivity contribution in [2.75, 3.05) is 6.54 Å². The molecule has 0 saturated carbocycles. The third-order valence-corrected chi connectivity index (χ3v) is 6.14. The Bertz CT molecular complexity index is 1120. The number of ether oxygens (including phenoxy) is 1. The summed E-state index contributed by atoms with van der Waals surface area (Å²) >= 11 is 4.41. The average Bonchev–Trinajstić information content (AvgIpc) is 3.01. The van der Waals surface area contributed by atoms with Crippen molar-refractivity contribution in [1.29, 1.82) is 0 Å². The van der Waals surface area contributed by atoms with E-state index in [1.165, 1.54) is 4.90 Å². The molecule has 0 bridgehead atoms. The Balaban J connectivity index is 1.73. The van der Waals surface area contributed by atoms with Gasteiger partial charge >= 0.3 is 0 Å². The molecular weight excluding hydrogens is 450 g/mol. The van der Waals surface area contributed by atoms with Gasteiger partial charge in [0.15, 0.2) is 0 Å². The van der Waals surface area contributed by atoms with Crippen LogP contribution in [0.3, 0.4) is 0 Å². The number of carbonyl (C=O) groups is 2. The van der Waals surface area contributed by atoms with Crippen LogP contribution in [0, 0.1) is 0 Å². The Morgan fingerprint density at radius 1 is 1.03 bits per heavy atom. The Morgan fingerprint density at radius 2 is 1.79 bits per heavy atom. The van der Waals surface area contributed by atoms with Gasteiger partial charge in [0.1, 0.15) is 12.4 Å². The first-order valence-corrected chi connectivity index (χ1v) is 10.8. The second kappa shape index (κ2) is 8.43. The van der Waals surface area contributed by atoms with Gasteiger partial charge in [0.2, 0.25) is 0 Å². The van der Waals surface area contributed by atoms with Crippen LogP contribution in [0.15, 0.2) is 70.0 Å². The number of nitrogens with zero attached hydrogens (tertiary/aromatic N) is 1. The van der Waals surface area contributed by atoms with E-state index in [1.807, 2.05) is 60.7 Å². The van der Waals surface area contributed by atoms with Crippen LogP contribution in [-0.2, 0) is 11.4 Å². The summed E-state index contributed by atoms with van der Waals surface area (Å²) in [6.07, 6.45) is 1.78. The van der Waals surface area contributed by atoms with E-state index in [4.69, 9.17) is 4.74 Å². The SMILES string of the molecule is CCN1C(=O)S/C(=C/c2c(OCc3ccc(Br)cc3)ccc3ccccc23)C1=O. The molecule has 2 amide bonds. The van der Waals surface area contributed by atoms with Crippen molar-refractivity contribution in [2.24, 2.45) is 0 Å². The van der Waals surface area contributed by atoms with Crippen LogP contribution >= 0.6 is 27.7 Å². The molecule has 29 heavy (non-hydrogen) atoms. The molecule has 146 valence electrons. The fraction of sp³-hybridized carbons (Fsp3) is 0.130. The summed E-state index contributed by atoms with van der Waals surface area (Å²) in [6.45, 7) is 2.57. The monoisotopic (exact) mass is 467 g/mol. The third kappa shape index (κ3) is 4.09. The number of hydrogen-bond acceptors (Lipinski definition) is 4. The fourth-order valence-electron chi connectivity index (χ4n) is 3.20. The zero-order valence-electron chi connectivity index (χ0n) is 15.7. The highest BCUT2D eigenvalue weighted by Crippen LogP contribution is 2.37. The molecule has 0 aliphatic carbocycles. The van der Waals surface area contributed by atoms with Crippen LogP contribution in [-0.4, -0.2) is 22.6 Å². The van der Waals surface area contributed by atoms with Crippen molar-refractivity contribution < 1.29 is 14.3 Å².